The molecule has 3 aromatic carbocycles. The van der Waals surface area contributed by atoms with Gasteiger partial charge in [0, 0.05) is 30.3 Å². The Morgan fingerprint density at radius 1 is 0.973 bits per heavy atom. The summed E-state index contributed by atoms with van der Waals surface area (Å²) in [5.41, 5.74) is 7.62. The van der Waals surface area contributed by atoms with Crippen molar-refractivity contribution in [3.8, 4) is 17.2 Å². The van der Waals surface area contributed by atoms with Crippen LogP contribution in [0.4, 0.5) is 16.5 Å². The minimum Gasteiger partial charge on any atom is -0.493 e. The summed E-state index contributed by atoms with van der Waals surface area (Å²) in [7, 11) is 4.71. The lowest BCUT2D eigenvalue weighted by Crippen LogP contribution is -2.44. The molecule has 1 aliphatic heterocycles. The van der Waals surface area contributed by atoms with E-state index in [-0.39, 0.29) is 5.91 Å². The van der Waals surface area contributed by atoms with Gasteiger partial charge in [-0.05, 0) is 48.9 Å². The van der Waals surface area contributed by atoms with E-state index in [0.29, 0.717) is 39.6 Å². The predicted molar refractivity (Wildman–Crippen MR) is 146 cm³/mol. The molecule has 190 valence electrons. The second-order valence-electron chi connectivity index (χ2n) is 8.27. The summed E-state index contributed by atoms with van der Waals surface area (Å²) < 4.78 is 17.7. The van der Waals surface area contributed by atoms with Gasteiger partial charge in [-0.25, -0.2) is 4.98 Å². The number of anilines is 3. The van der Waals surface area contributed by atoms with Gasteiger partial charge in [0.05, 0.1) is 37.2 Å². The molecule has 1 amide bonds. The zero-order valence-corrected chi connectivity index (χ0v) is 21.8. The number of hydrazine groups is 2. The summed E-state index contributed by atoms with van der Waals surface area (Å²) in [4.78, 5) is 16.2. The summed E-state index contributed by atoms with van der Waals surface area (Å²) in [5.74, 6) is 1.95. The molecule has 1 aliphatic rings. The highest BCUT2D eigenvalue weighted by molar-refractivity contribution is 7.22. The van der Waals surface area contributed by atoms with Crippen LogP contribution in [0, 0.1) is 6.92 Å². The van der Waals surface area contributed by atoms with Gasteiger partial charge in [-0.3, -0.25) is 10.2 Å². The highest BCUT2D eigenvalue weighted by Crippen LogP contribution is 2.42. The molecule has 0 unspecified atom stereocenters. The van der Waals surface area contributed by atoms with Crippen LogP contribution in [-0.2, 0) is 4.79 Å². The van der Waals surface area contributed by atoms with Gasteiger partial charge in [-0.2, -0.15) is 0 Å². The van der Waals surface area contributed by atoms with E-state index in [9.17, 15) is 4.79 Å². The summed E-state index contributed by atoms with van der Waals surface area (Å²) >= 11 is 1.54. The van der Waals surface area contributed by atoms with Gasteiger partial charge >= 0.3 is 0 Å². The van der Waals surface area contributed by atoms with Crippen molar-refractivity contribution in [1.82, 2.24) is 10.4 Å². The van der Waals surface area contributed by atoms with E-state index < -0.39 is 0 Å². The molecule has 10 nitrogen and oxygen atoms in total. The average Bonchev–Trinajstić information content (AvgIpc) is 3.52. The van der Waals surface area contributed by atoms with Crippen LogP contribution in [0.15, 0.2) is 59.7 Å². The van der Waals surface area contributed by atoms with Crippen LogP contribution in [0.1, 0.15) is 18.1 Å². The lowest BCUT2D eigenvalue weighted by molar-refractivity contribution is -0.114. The molecule has 5 rings (SSSR count). The van der Waals surface area contributed by atoms with E-state index in [1.54, 1.807) is 42.9 Å². The predicted octanol–water partition coefficient (Wildman–Crippen LogP) is 4.70. The Balaban J connectivity index is 1.59. The van der Waals surface area contributed by atoms with E-state index in [2.05, 4.69) is 23.7 Å². The monoisotopic (exact) mass is 518 g/mol. The van der Waals surface area contributed by atoms with Gasteiger partial charge in [0.25, 0.3) is 0 Å². The lowest BCUT2D eigenvalue weighted by Gasteiger charge is -2.26. The number of fused-ring (bicyclic) bond motifs is 1. The van der Waals surface area contributed by atoms with Gasteiger partial charge < -0.3 is 19.5 Å². The van der Waals surface area contributed by atoms with Gasteiger partial charge in [-0.15, -0.1) is 15.3 Å². The van der Waals surface area contributed by atoms with Gasteiger partial charge in [0.2, 0.25) is 16.8 Å². The van der Waals surface area contributed by atoms with Crippen LogP contribution >= 0.6 is 11.3 Å². The van der Waals surface area contributed by atoms with Crippen molar-refractivity contribution in [2.45, 2.75) is 13.8 Å². The van der Waals surface area contributed by atoms with Crippen molar-refractivity contribution in [2.75, 3.05) is 36.9 Å². The Kier molecular flexibility index (Phi) is 6.45. The van der Waals surface area contributed by atoms with Crippen molar-refractivity contribution in [3.63, 3.8) is 0 Å². The second kappa shape index (κ2) is 9.86. The molecule has 11 heteroatoms. The molecule has 0 atom stereocenters. The van der Waals surface area contributed by atoms with E-state index >= 15 is 0 Å². The number of nitrogens with one attached hydrogen (secondary N) is 2. The largest absolute Gasteiger partial charge is 0.493 e. The summed E-state index contributed by atoms with van der Waals surface area (Å²) in [6.45, 7) is 3.53. The third-order valence-corrected chi connectivity index (χ3v) is 6.66. The smallest absolute Gasteiger partial charge is 0.228 e. The van der Waals surface area contributed by atoms with Crippen molar-refractivity contribution in [3.05, 3.63) is 65.7 Å². The summed E-state index contributed by atoms with van der Waals surface area (Å²) in [5, 5.41) is 11.8. The first-order valence-corrected chi connectivity index (χ1v) is 12.2. The zero-order valence-electron chi connectivity index (χ0n) is 21.0. The van der Waals surface area contributed by atoms with Crippen LogP contribution in [0.2, 0.25) is 0 Å². The number of benzene rings is 3. The van der Waals surface area contributed by atoms with Crippen molar-refractivity contribution < 1.29 is 19.0 Å². The number of aromatic nitrogens is 1. The van der Waals surface area contributed by atoms with Gasteiger partial charge in [-0.1, -0.05) is 17.4 Å². The Morgan fingerprint density at radius 3 is 2.30 bits per heavy atom. The zero-order chi connectivity index (χ0) is 26.1. The maximum Gasteiger partial charge on any atom is 0.228 e. The number of carbonyl (C=O) groups excluding carboxylic acids is 1. The highest BCUT2D eigenvalue weighted by Gasteiger charge is 2.30. The first kappa shape index (κ1) is 24.2. The molecule has 0 spiro atoms. The van der Waals surface area contributed by atoms with E-state index in [4.69, 9.17) is 24.3 Å². The Hall–Kier alpha value is -4.51. The van der Waals surface area contributed by atoms with E-state index in [1.807, 2.05) is 48.5 Å². The van der Waals surface area contributed by atoms with E-state index in [0.717, 1.165) is 21.3 Å². The number of rotatable bonds is 7. The molecule has 0 bridgehead atoms. The fourth-order valence-electron chi connectivity index (χ4n) is 3.94. The molecular formula is C26H26N6O4S. The molecule has 0 saturated carbocycles. The van der Waals surface area contributed by atoms with Crippen LogP contribution in [0.5, 0.6) is 17.2 Å². The molecular weight excluding hydrogens is 492 g/mol. The fraction of sp³-hybridized carbons (Fsp3) is 0.192. The van der Waals surface area contributed by atoms with Crippen LogP contribution in [0.3, 0.4) is 0 Å². The highest BCUT2D eigenvalue weighted by atomic mass is 32.1. The number of methoxy groups -OCH3 is 3. The number of nitrogens with zero attached hydrogens (tertiary/aromatic N) is 4. The number of amidine groups is 1. The standard InChI is InChI=1S/C26H26N6O4S/c1-15-6-11-20-23(12-15)37-26(28-20)32-30-25(17-7-9-18(10-8-17)27-16(2)33)29-31(32)19-13-21(34-3)24(36-5)22(14-19)35-4/h6-14H,1-5H3,(H,27,33)(H,29,30). The average molecular weight is 519 g/mol. The molecule has 37 heavy (non-hydrogen) atoms. The minimum atomic E-state index is -0.130. The van der Waals surface area contributed by atoms with Crippen LogP contribution in [-0.4, -0.2) is 38.1 Å². The third kappa shape index (κ3) is 4.68. The SMILES string of the molecule is COc1cc(N2N=C(c3ccc(NC(C)=O)cc3)NN2c2nc3ccc(C)cc3s2)cc(OC)c1OC. The second-order valence-corrected chi connectivity index (χ2v) is 9.28. The first-order valence-electron chi connectivity index (χ1n) is 11.4. The van der Waals surface area contributed by atoms with Crippen LogP contribution in [0.25, 0.3) is 10.2 Å². The summed E-state index contributed by atoms with van der Waals surface area (Å²) in [6.07, 6.45) is 0. The Bertz CT molecular complexity index is 1480. The molecule has 1 aromatic heterocycles. The minimum absolute atomic E-state index is 0.130. The molecule has 0 radical (unpaired) electrons. The lowest BCUT2D eigenvalue weighted by atomic mass is 10.2. The third-order valence-electron chi connectivity index (χ3n) is 5.67. The number of hydrogen-bond donors (Lipinski definition) is 2. The van der Waals surface area contributed by atoms with E-state index in [1.165, 1.54) is 6.92 Å². The Morgan fingerprint density at radius 2 is 1.68 bits per heavy atom. The normalized spacial score (nSPS) is 12.8. The quantitative estimate of drug-likeness (QED) is 0.363. The Labute approximate surface area is 218 Å². The van der Waals surface area contributed by atoms with Gasteiger partial charge in [0.1, 0.15) is 0 Å². The molecule has 0 fully saturated rings. The molecule has 0 aliphatic carbocycles. The fourth-order valence-corrected chi connectivity index (χ4v) is 4.95. The topological polar surface area (TPSA) is 101 Å². The maximum atomic E-state index is 11.4. The first-order chi connectivity index (χ1) is 17.9. The summed E-state index contributed by atoms with van der Waals surface area (Å²) in [6, 6.07) is 17.2. The number of thiazole rings is 1. The number of hydrogen-bond acceptors (Lipinski definition) is 10. The van der Waals surface area contributed by atoms with Crippen molar-refractivity contribution in [1.29, 1.82) is 0 Å². The number of carbonyl (C=O) groups is 1. The molecule has 4 aromatic rings. The number of ether oxygens (including phenoxy) is 3. The molecule has 2 heterocycles. The molecule has 2 N–H and O–H groups in total. The van der Waals surface area contributed by atoms with Crippen LogP contribution < -0.4 is 35.2 Å². The number of aryl methyl sites for hydroxylation is 1. The van der Waals surface area contributed by atoms with Crippen molar-refractivity contribution in [2.24, 2.45) is 5.10 Å². The number of hydrazone groups is 1. The van der Waals surface area contributed by atoms with Crippen molar-refractivity contribution >= 4 is 49.8 Å². The van der Waals surface area contributed by atoms with Gasteiger partial charge in [0.15, 0.2) is 17.3 Å². The maximum absolute atomic E-state index is 11.4. The molecule has 0 saturated heterocycles. The number of amides is 1.